The van der Waals surface area contributed by atoms with Crippen LogP contribution < -0.4 is 5.32 Å². The molecular formula is C18H15BrClN3O2S. The van der Waals surface area contributed by atoms with Crippen LogP contribution in [0.15, 0.2) is 62.3 Å². The molecular weight excluding hydrogens is 438 g/mol. The third-order valence-corrected chi connectivity index (χ3v) is 5.22. The van der Waals surface area contributed by atoms with E-state index in [1.807, 2.05) is 48.5 Å². The van der Waals surface area contributed by atoms with Crippen molar-refractivity contribution in [3.05, 3.63) is 58.0 Å². The molecule has 134 valence electrons. The summed E-state index contributed by atoms with van der Waals surface area (Å²) in [5.74, 6) is 1.05. The van der Waals surface area contributed by atoms with Crippen molar-refractivity contribution in [1.29, 1.82) is 0 Å². The van der Waals surface area contributed by atoms with Crippen LogP contribution in [0.4, 0.5) is 6.01 Å². The molecule has 0 aliphatic carbocycles. The first-order valence-corrected chi connectivity index (χ1v) is 10.0. The second kappa shape index (κ2) is 9.21. The molecule has 26 heavy (non-hydrogen) atoms. The molecule has 0 aliphatic rings. The smallest absolute Gasteiger partial charge is 0.322 e. The lowest BCUT2D eigenvalue weighted by Gasteiger charge is -2.02. The highest BCUT2D eigenvalue weighted by molar-refractivity contribution is 9.10. The van der Waals surface area contributed by atoms with E-state index in [0.717, 1.165) is 32.1 Å². The van der Waals surface area contributed by atoms with Gasteiger partial charge in [-0.1, -0.05) is 38.7 Å². The van der Waals surface area contributed by atoms with E-state index in [4.69, 9.17) is 16.0 Å². The van der Waals surface area contributed by atoms with Gasteiger partial charge in [0.2, 0.25) is 11.8 Å². The van der Waals surface area contributed by atoms with Gasteiger partial charge in [0, 0.05) is 26.4 Å². The number of nitrogens with one attached hydrogen (secondary N) is 1. The minimum atomic E-state index is -0.147. The highest BCUT2D eigenvalue weighted by atomic mass is 79.9. The summed E-state index contributed by atoms with van der Waals surface area (Å²) in [6, 6.07) is 15.3. The molecule has 0 spiro atoms. The summed E-state index contributed by atoms with van der Waals surface area (Å²) in [6.45, 7) is 0. The van der Waals surface area contributed by atoms with Crippen LogP contribution in [-0.4, -0.2) is 21.9 Å². The SMILES string of the molecule is O=C(CCCSc1ccc(Cl)cc1)Nc1nnc(-c2cccc(Br)c2)o1. The average Bonchev–Trinajstić information content (AvgIpc) is 3.09. The molecule has 0 atom stereocenters. The van der Waals surface area contributed by atoms with Crippen molar-refractivity contribution in [3.63, 3.8) is 0 Å². The Labute approximate surface area is 168 Å². The summed E-state index contributed by atoms with van der Waals surface area (Å²) in [6.07, 6.45) is 1.13. The Kier molecular flexibility index (Phi) is 6.71. The number of hydrogen-bond donors (Lipinski definition) is 1. The van der Waals surface area contributed by atoms with Gasteiger partial charge in [0.15, 0.2) is 0 Å². The lowest BCUT2D eigenvalue weighted by molar-refractivity contribution is -0.116. The first-order valence-electron chi connectivity index (χ1n) is 7.88. The molecule has 1 N–H and O–H groups in total. The maximum Gasteiger partial charge on any atom is 0.322 e. The third-order valence-electron chi connectivity index (χ3n) is 3.37. The van der Waals surface area contributed by atoms with E-state index >= 15 is 0 Å². The molecule has 0 radical (unpaired) electrons. The van der Waals surface area contributed by atoms with E-state index in [9.17, 15) is 4.79 Å². The fraction of sp³-hybridized carbons (Fsp3) is 0.167. The van der Waals surface area contributed by atoms with Gasteiger partial charge < -0.3 is 4.42 Å². The molecule has 2 aromatic carbocycles. The van der Waals surface area contributed by atoms with Gasteiger partial charge in [0.05, 0.1) is 0 Å². The molecule has 0 bridgehead atoms. The zero-order valence-corrected chi connectivity index (χ0v) is 16.8. The summed E-state index contributed by atoms with van der Waals surface area (Å²) in [7, 11) is 0. The number of amides is 1. The number of thioether (sulfide) groups is 1. The zero-order chi connectivity index (χ0) is 18.4. The third kappa shape index (κ3) is 5.59. The number of benzene rings is 2. The lowest BCUT2D eigenvalue weighted by Crippen LogP contribution is -2.11. The van der Waals surface area contributed by atoms with Crippen LogP contribution in [0, 0.1) is 0 Å². The Morgan fingerprint density at radius 2 is 2.00 bits per heavy atom. The largest absolute Gasteiger partial charge is 0.403 e. The van der Waals surface area contributed by atoms with Crippen LogP contribution >= 0.6 is 39.3 Å². The van der Waals surface area contributed by atoms with E-state index in [1.54, 1.807) is 11.8 Å². The Morgan fingerprint density at radius 1 is 1.19 bits per heavy atom. The summed E-state index contributed by atoms with van der Waals surface area (Å²) in [5.41, 5.74) is 0.784. The molecule has 1 amide bonds. The number of anilines is 1. The Morgan fingerprint density at radius 3 is 2.77 bits per heavy atom. The van der Waals surface area contributed by atoms with Gasteiger partial charge in [0.1, 0.15) is 0 Å². The van der Waals surface area contributed by atoms with Crippen molar-refractivity contribution in [2.24, 2.45) is 0 Å². The van der Waals surface area contributed by atoms with Crippen LogP contribution in [0.2, 0.25) is 5.02 Å². The predicted octanol–water partition coefficient (Wildman–Crippen LogP) is 5.66. The topological polar surface area (TPSA) is 68.0 Å². The van der Waals surface area contributed by atoms with Gasteiger partial charge in [-0.05, 0) is 54.6 Å². The average molecular weight is 453 g/mol. The van der Waals surface area contributed by atoms with Gasteiger partial charge in [-0.15, -0.1) is 16.9 Å². The van der Waals surface area contributed by atoms with Crippen molar-refractivity contribution in [2.45, 2.75) is 17.7 Å². The molecule has 0 saturated heterocycles. The van der Waals surface area contributed by atoms with Crippen LogP contribution in [0.25, 0.3) is 11.5 Å². The van der Waals surface area contributed by atoms with Crippen LogP contribution in [0.5, 0.6) is 0 Å². The number of hydrogen-bond acceptors (Lipinski definition) is 5. The van der Waals surface area contributed by atoms with E-state index in [0.29, 0.717) is 12.3 Å². The monoisotopic (exact) mass is 451 g/mol. The van der Waals surface area contributed by atoms with Gasteiger partial charge >= 0.3 is 6.01 Å². The summed E-state index contributed by atoms with van der Waals surface area (Å²) >= 11 is 10.9. The molecule has 1 aromatic heterocycles. The molecule has 8 heteroatoms. The van der Waals surface area contributed by atoms with E-state index in [2.05, 4.69) is 31.4 Å². The molecule has 0 saturated carbocycles. The van der Waals surface area contributed by atoms with Crippen molar-refractivity contribution < 1.29 is 9.21 Å². The Bertz CT molecular complexity index is 886. The summed E-state index contributed by atoms with van der Waals surface area (Å²) < 4.78 is 6.40. The minimum absolute atomic E-state index is 0.107. The maximum absolute atomic E-state index is 12.0. The number of nitrogens with zero attached hydrogens (tertiary/aromatic N) is 2. The summed E-state index contributed by atoms with van der Waals surface area (Å²) in [4.78, 5) is 13.1. The van der Waals surface area contributed by atoms with Crippen molar-refractivity contribution in [2.75, 3.05) is 11.1 Å². The molecule has 3 aromatic rings. The molecule has 0 aliphatic heterocycles. The molecule has 3 rings (SSSR count). The number of carbonyl (C=O) groups is 1. The van der Waals surface area contributed by atoms with Crippen LogP contribution in [0.1, 0.15) is 12.8 Å². The lowest BCUT2D eigenvalue weighted by atomic mass is 10.2. The van der Waals surface area contributed by atoms with E-state index < -0.39 is 0 Å². The first-order chi connectivity index (χ1) is 12.6. The number of carbonyl (C=O) groups excluding carboxylic acids is 1. The fourth-order valence-electron chi connectivity index (χ4n) is 2.15. The molecule has 5 nitrogen and oxygen atoms in total. The normalized spacial score (nSPS) is 10.7. The first kappa shape index (κ1) is 18.9. The standard InChI is InChI=1S/C18H15BrClN3O2S/c19-13-4-1-3-12(11-13)17-22-23-18(25-17)21-16(24)5-2-10-26-15-8-6-14(20)7-9-15/h1,3-4,6-9,11H,2,5,10H2,(H,21,23,24). The van der Waals surface area contributed by atoms with E-state index in [1.165, 1.54) is 0 Å². The molecule has 1 heterocycles. The fourth-order valence-corrected chi connectivity index (χ4v) is 3.53. The highest BCUT2D eigenvalue weighted by Gasteiger charge is 2.11. The van der Waals surface area contributed by atoms with Gasteiger partial charge in [-0.2, -0.15) is 0 Å². The van der Waals surface area contributed by atoms with E-state index in [-0.39, 0.29) is 11.9 Å². The Balaban J connectivity index is 1.44. The van der Waals surface area contributed by atoms with Crippen LogP contribution in [0.3, 0.4) is 0 Å². The van der Waals surface area contributed by atoms with Gasteiger partial charge in [-0.3, -0.25) is 10.1 Å². The van der Waals surface area contributed by atoms with Crippen molar-refractivity contribution >= 4 is 51.2 Å². The van der Waals surface area contributed by atoms with Crippen LogP contribution in [-0.2, 0) is 4.79 Å². The minimum Gasteiger partial charge on any atom is -0.403 e. The number of halogens is 2. The molecule has 0 fully saturated rings. The molecule has 0 unspecified atom stereocenters. The number of rotatable bonds is 7. The van der Waals surface area contributed by atoms with Crippen molar-refractivity contribution in [3.8, 4) is 11.5 Å². The highest BCUT2D eigenvalue weighted by Crippen LogP contribution is 2.24. The second-order valence-corrected chi connectivity index (χ2v) is 7.90. The second-order valence-electron chi connectivity index (χ2n) is 5.38. The predicted molar refractivity (Wildman–Crippen MR) is 107 cm³/mol. The maximum atomic E-state index is 12.0. The van der Waals surface area contributed by atoms with Crippen molar-refractivity contribution in [1.82, 2.24) is 10.2 Å². The quantitative estimate of drug-likeness (QED) is 0.370. The summed E-state index contributed by atoms with van der Waals surface area (Å²) in [5, 5.41) is 11.2. The zero-order valence-electron chi connectivity index (χ0n) is 13.6. The Hall–Kier alpha value is -1.83. The van der Waals surface area contributed by atoms with Gasteiger partial charge in [-0.25, -0.2) is 0 Å². The van der Waals surface area contributed by atoms with Gasteiger partial charge in [0.25, 0.3) is 0 Å². The number of aromatic nitrogens is 2.